The molecule has 1 unspecified atom stereocenters. The quantitative estimate of drug-likeness (QED) is 0.582. The van der Waals surface area contributed by atoms with E-state index in [0.29, 0.717) is 19.6 Å². The summed E-state index contributed by atoms with van der Waals surface area (Å²) in [6.45, 7) is 9.72. The molecule has 3 nitrogen and oxygen atoms in total. The van der Waals surface area contributed by atoms with Gasteiger partial charge in [-0.3, -0.25) is 0 Å². The highest BCUT2D eigenvalue weighted by Gasteiger charge is 2.18. The largest absolute Gasteiger partial charge is 0.389 e. The van der Waals surface area contributed by atoms with E-state index in [1.165, 1.54) is 0 Å². The SMILES string of the molecule is C=C(CC)CNCC(C)(O)CCOC. The van der Waals surface area contributed by atoms with E-state index in [1.807, 2.05) is 6.92 Å². The van der Waals surface area contributed by atoms with Gasteiger partial charge in [-0.15, -0.1) is 0 Å². The van der Waals surface area contributed by atoms with Gasteiger partial charge in [0.2, 0.25) is 0 Å². The lowest BCUT2D eigenvalue weighted by Crippen LogP contribution is -2.39. The van der Waals surface area contributed by atoms with E-state index in [0.717, 1.165) is 18.5 Å². The zero-order chi connectivity index (χ0) is 11.0. The molecule has 1 atom stereocenters. The van der Waals surface area contributed by atoms with Crippen LogP contribution in [-0.4, -0.2) is 37.5 Å². The fourth-order valence-corrected chi connectivity index (χ4v) is 1.04. The van der Waals surface area contributed by atoms with Crippen molar-refractivity contribution in [2.24, 2.45) is 0 Å². The molecule has 14 heavy (non-hydrogen) atoms. The molecule has 0 fully saturated rings. The summed E-state index contributed by atoms with van der Waals surface area (Å²) in [7, 11) is 1.64. The summed E-state index contributed by atoms with van der Waals surface area (Å²) in [5, 5.41) is 13.0. The van der Waals surface area contributed by atoms with E-state index in [2.05, 4.69) is 18.8 Å². The van der Waals surface area contributed by atoms with Crippen LogP contribution in [-0.2, 0) is 4.74 Å². The van der Waals surface area contributed by atoms with Crippen LogP contribution in [0.4, 0.5) is 0 Å². The van der Waals surface area contributed by atoms with Crippen molar-refractivity contribution >= 4 is 0 Å². The second-order valence-electron chi connectivity index (χ2n) is 3.95. The van der Waals surface area contributed by atoms with Gasteiger partial charge in [0.25, 0.3) is 0 Å². The topological polar surface area (TPSA) is 41.5 Å². The predicted octanol–water partition coefficient (Wildman–Crippen LogP) is 1.33. The van der Waals surface area contributed by atoms with Crippen LogP contribution in [0.25, 0.3) is 0 Å². The van der Waals surface area contributed by atoms with Crippen molar-refractivity contribution < 1.29 is 9.84 Å². The number of rotatable bonds is 8. The summed E-state index contributed by atoms with van der Waals surface area (Å²) in [4.78, 5) is 0. The molecule has 84 valence electrons. The fraction of sp³-hybridized carbons (Fsp3) is 0.818. The van der Waals surface area contributed by atoms with Crippen LogP contribution in [0.5, 0.6) is 0 Å². The first-order valence-electron chi connectivity index (χ1n) is 5.10. The molecule has 0 aromatic heterocycles. The molecule has 0 aliphatic heterocycles. The number of hydrogen-bond donors (Lipinski definition) is 2. The van der Waals surface area contributed by atoms with E-state index in [-0.39, 0.29) is 0 Å². The number of methoxy groups -OCH3 is 1. The minimum Gasteiger partial charge on any atom is -0.389 e. The summed E-state index contributed by atoms with van der Waals surface area (Å²) in [5.74, 6) is 0. The maximum absolute atomic E-state index is 9.86. The lowest BCUT2D eigenvalue weighted by atomic mass is 10.0. The van der Waals surface area contributed by atoms with Gasteiger partial charge >= 0.3 is 0 Å². The standard InChI is InChI=1S/C11H23NO2/c1-5-10(2)8-12-9-11(3,13)6-7-14-4/h12-13H,2,5-9H2,1,3-4H3. The zero-order valence-electron chi connectivity index (χ0n) is 9.60. The summed E-state index contributed by atoms with van der Waals surface area (Å²) in [6, 6.07) is 0. The summed E-state index contributed by atoms with van der Waals surface area (Å²) in [6.07, 6.45) is 1.63. The lowest BCUT2D eigenvalue weighted by Gasteiger charge is -2.23. The number of ether oxygens (including phenoxy) is 1. The Bertz CT molecular complexity index is 167. The minimum atomic E-state index is -0.690. The van der Waals surface area contributed by atoms with Gasteiger partial charge in [0.05, 0.1) is 5.60 Å². The van der Waals surface area contributed by atoms with Crippen LogP contribution in [0.3, 0.4) is 0 Å². The molecule has 0 aromatic carbocycles. The number of nitrogens with one attached hydrogen (secondary N) is 1. The van der Waals surface area contributed by atoms with E-state index < -0.39 is 5.60 Å². The Morgan fingerprint density at radius 2 is 2.21 bits per heavy atom. The van der Waals surface area contributed by atoms with Gasteiger partial charge in [0, 0.05) is 33.2 Å². The van der Waals surface area contributed by atoms with E-state index in [4.69, 9.17) is 4.74 Å². The maximum atomic E-state index is 9.86. The molecule has 0 saturated heterocycles. The van der Waals surface area contributed by atoms with E-state index >= 15 is 0 Å². The highest BCUT2D eigenvalue weighted by atomic mass is 16.5. The monoisotopic (exact) mass is 201 g/mol. The van der Waals surface area contributed by atoms with Gasteiger partial charge in [-0.25, -0.2) is 0 Å². The first kappa shape index (κ1) is 13.6. The Labute approximate surface area is 87.2 Å². The van der Waals surface area contributed by atoms with Gasteiger partial charge < -0.3 is 15.2 Å². The normalized spacial score (nSPS) is 15.1. The molecule has 0 aromatic rings. The Hall–Kier alpha value is -0.380. The molecule has 0 radical (unpaired) electrons. The van der Waals surface area contributed by atoms with Crippen molar-refractivity contribution in [3.63, 3.8) is 0 Å². The molecule has 0 rings (SSSR count). The average molecular weight is 201 g/mol. The molecule has 0 bridgehead atoms. The molecule has 0 saturated carbocycles. The molecule has 0 heterocycles. The molecule has 2 N–H and O–H groups in total. The Morgan fingerprint density at radius 3 is 2.71 bits per heavy atom. The summed E-state index contributed by atoms with van der Waals surface area (Å²) >= 11 is 0. The first-order chi connectivity index (χ1) is 6.52. The Morgan fingerprint density at radius 1 is 1.57 bits per heavy atom. The number of aliphatic hydroxyl groups is 1. The van der Waals surface area contributed by atoms with Crippen LogP contribution >= 0.6 is 0 Å². The summed E-state index contributed by atoms with van der Waals surface area (Å²) < 4.78 is 4.92. The molecular weight excluding hydrogens is 178 g/mol. The second kappa shape index (κ2) is 6.98. The summed E-state index contributed by atoms with van der Waals surface area (Å²) in [5.41, 5.74) is 0.469. The van der Waals surface area contributed by atoms with E-state index in [1.54, 1.807) is 7.11 Å². The Kier molecular flexibility index (Phi) is 6.79. The predicted molar refractivity (Wildman–Crippen MR) is 59.4 cm³/mol. The van der Waals surface area contributed by atoms with Crippen molar-refractivity contribution in [1.29, 1.82) is 0 Å². The first-order valence-corrected chi connectivity index (χ1v) is 5.10. The minimum absolute atomic E-state index is 0.579. The van der Waals surface area contributed by atoms with Crippen LogP contribution in [0.2, 0.25) is 0 Å². The smallest absolute Gasteiger partial charge is 0.0765 e. The third-order valence-corrected chi connectivity index (χ3v) is 2.23. The van der Waals surface area contributed by atoms with Crippen molar-refractivity contribution in [1.82, 2.24) is 5.32 Å². The number of hydrogen-bond acceptors (Lipinski definition) is 3. The molecule has 0 spiro atoms. The van der Waals surface area contributed by atoms with Crippen molar-refractivity contribution in [3.8, 4) is 0 Å². The molecule has 0 aliphatic carbocycles. The van der Waals surface area contributed by atoms with Crippen molar-refractivity contribution in [2.75, 3.05) is 26.8 Å². The van der Waals surface area contributed by atoms with Gasteiger partial charge in [0.1, 0.15) is 0 Å². The fourth-order valence-electron chi connectivity index (χ4n) is 1.04. The maximum Gasteiger partial charge on any atom is 0.0765 e. The van der Waals surface area contributed by atoms with Crippen molar-refractivity contribution in [2.45, 2.75) is 32.3 Å². The third kappa shape index (κ3) is 7.06. The van der Waals surface area contributed by atoms with Gasteiger partial charge in [-0.1, -0.05) is 19.1 Å². The molecule has 0 aliphatic rings. The Balaban J connectivity index is 3.59. The third-order valence-electron chi connectivity index (χ3n) is 2.23. The van der Waals surface area contributed by atoms with Crippen LogP contribution in [0, 0.1) is 0 Å². The zero-order valence-corrected chi connectivity index (χ0v) is 9.60. The van der Waals surface area contributed by atoms with Crippen LogP contribution in [0.1, 0.15) is 26.7 Å². The second-order valence-corrected chi connectivity index (χ2v) is 3.95. The molecule has 3 heteroatoms. The molecule has 0 amide bonds. The highest BCUT2D eigenvalue weighted by molar-refractivity contribution is 4.95. The highest BCUT2D eigenvalue weighted by Crippen LogP contribution is 2.07. The lowest BCUT2D eigenvalue weighted by molar-refractivity contribution is 0.0256. The molecular formula is C11H23NO2. The van der Waals surface area contributed by atoms with E-state index in [9.17, 15) is 5.11 Å². The van der Waals surface area contributed by atoms with Crippen LogP contribution < -0.4 is 5.32 Å². The van der Waals surface area contributed by atoms with Crippen molar-refractivity contribution in [3.05, 3.63) is 12.2 Å². The van der Waals surface area contributed by atoms with Gasteiger partial charge in [-0.2, -0.15) is 0 Å². The van der Waals surface area contributed by atoms with Crippen LogP contribution in [0.15, 0.2) is 12.2 Å². The van der Waals surface area contributed by atoms with Gasteiger partial charge in [0.15, 0.2) is 0 Å². The van der Waals surface area contributed by atoms with Gasteiger partial charge in [-0.05, 0) is 13.3 Å². The average Bonchev–Trinajstić information content (AvgIpc) is 2.14.